The molecular weight excluding hydrogens is 434 g/mol. The van der Waals surface area contributed by atoms with Gasteiger partial charge in [0.05, 0.1) is 24.2 Å². The van der Waals surface area contributed by atoms with Crippen LogP contribution in [0.1, 0.15) is 41.9 Å². The van der Waals surface area contributed by atoms with Gasteiger partial charge in [-0.1, -0.05) is 31.5 Å². The zero-order chi connectivity index (χ0) is 23.2. The summed E-state index contributed by atoms with van der Waals surface area (Å²) < 4.78 is 10.9. The number of benzene rings is 2. The van der Waals surface area contributed by atoms with Crippen LogP contribution in [-0.2, 0) is 4.74 Å². The van der Waals surface area contributed by atoms with Crippen molar-refractivity contribution in [3.05, 3.63) is 65.3 Å². The van der Waals surface area contributed by atoms with Gasteiger partial charge in [-0.2, -0.15) is 0 Å². The van der Waals surface area contributed by atoms with E-state index in [1.807, 2.05) is 31.2 Å². The molecule has 0 aliphatic carbocycles. The zero-order valence-corrected chi connectivity index (χ0v) is 19.9. The van der Waals surface area contributed by atoms with E-state index >= 15 is 0 Å². The van der Waals surface area contributed by atoms with Gasteiger partial charge in [0.25, 0.3) is 0 Å². The number of fused-ring (bicyclic) bond motifs is 1. The number of rotatable bonds is 9. The molecule has 0 unspecified atom stereocenters. The van der Waals surface area contributed by atoms with E-state index in [-0.39, 0.29) is 5.97 Å². The van der Waals surface area contributed by atoms with Crippen molar-refractivity contribution in [2.24, 2.45) is 0 Å². The third kappa shape index (κ3) is 5.14. The molecule has 0 aliphatic heterocycles. The van der Waals surface area contributed by atoms with Gasteiger partial charge in [-0.05, 0) is 56.2 Å². The van der Waals surface area contributed by atoms with Crippen LogP contribution in [0.3, 0.4) is 0 Å². The fourth-order valence-corrected chi connectivity index (χ4v) is 4.64. The third-order valence-corrected chi connectivity index (χ3v) is 6.22. The minimum absolute atomic E-state index is 0.318. The summed E-state index contributed by atoms with van der Waals surface area (Å²) in [5.74, 6) is 1.22. The van der Waals surface area contributed by atoms with Gasteiger partial charge in [0.2, 0.25) is 0 Å². The average Bonchev–Trinajstić information content (AvgIpc) is 3.17. The SMILES string of the molecule is CCCCOC(=O)c1cccc(Nc2ncnc3sc(C)c(-c4ccc(OCC)cc4)c23)c1. The number of carbonyl (C=O) groups is 1. The molecule has 7 heteroatoms. The number of aryl methyl sites for hydroxylation is 1. The second kappa shape index (κ2) is 10.4. The number of anilines is 2. The van der Waals surface area contributed by atoms with E-state index in [1.54, 1.807) is 29.8 Å². The Bertz CT molecular complexity index is 1250. The lowest BCUT2D eigenvalue weighted by atomic mass is 10.0. The first-order valence-electron chi connectivity index (χ1n) is 11.1. The van der Waals surface area contributed by atoms with Crippen LogP contribution in [0.15, 0.2) is 54.9 Å². The standard InChI is InChI=1S/C26H27N3O3S/c1-4-6-14-32-26(30)19-8-7-9-20(15-19)29-24-23-22(17(3)33-25(23)28-16-27-24)18-10-12-21(13-11-18)31-5-2/h7-13,15-16H,4-6,14H2,1-3H3,(H,27,28,29). The van der Waals surface area contributed by atoms with Gasteiger partial charge < -0.3 is 14.8 Å². The highest BCUT2D eigenvalue weighted by Crippen LogP contribution is 2.41. The van der Waals surface area contributed by atoms with Crippen molar-refractivity contribution in [1.82, 2.24) is 9.97 Å². The monoisotopic (exact) mass is 461 g/mol. The van der Waals surface area contributed by atoms with Crippen molar-refractivity contribution >= 4 is 39.0 Å². The lowest BCUT2D eigenvalue weighted by molar-refractivity contribution is 0.0500. The molecule has 0 saturated heterocycles. The maximum atomic E-state index is 12.4. The molecule has 0 radical (unpaired) electrons. The number of aromatic nitrogens is 2. The van der Waals surface area contributed by atoms with Crippen molar-refractivity contribution < 1.29 is 14.3 Å². The molecule has 2 aromatic carbocycles. The summed E-state index contributed by atoms with van der Waals surface area (Å²) in [6, 6.07) is 15.4. The van der Waals surface area contributed by atoms with Crippen LogP contribution in [0.4, 0.5) is 11.5 Å². The maximum absolute atomic E-state index is 12.4. The fourth-order valence-electron chi connectivity index (χ4n) is 3.62. The Morgan fingerprint density at radius 3 is 2.67 bits per heavy atom. The molecule has 2 aromatic heterocycles. The second-order valence-electron chi connectivity index (χ2n) is 7.59. The van der Waals surface area contributed by atoms with E-state index < -0.39 is 0 Å². The van der Waals surface area contributed by atoms with E-state index in [1.165, 1.54) is 0 Å². The molecule has 4 aromatic rings. The quantitative estimate of drug-likeness (QED) is 0.219. The molecule has 0 fully saturated rings. The van der Waals surface area contributed by atoms with Gasteiger partial charge in [0, 0.05) is 16.1 Å². The number of hydrogen-bond donors (Lipinski definition) is 1. The van der Waals surface area contributed by atoms with Crippen LogP contribution in [0.25, 0.3) is 21.3 Å². The lowest BCUT2D eigenvalue weighted by Gasteiger charge is -2.11. The number of ether oxygens (including phenoxy) is 2. The van der Waals surface area contributed by atoms with Gasteiger partial charge in [0.1, 0.15) is 22.7 Å². The first-order valence-corrected chi connectivity index (χ1v) is 11.9. The number of hydrogen-bond acceptors (Lipinski definition) is 7. The molecule has 0 atom stereocenters. The highest BCUT2D eigenvalue weighted by atomic mass is 32.1. The summed E-state index contributed by atoms with van der Waals surface area (Å²) in [4.78, 5) is 23.5. The summed E-state index contributed by atoms with van der Waals surface area (Å²) in [7, 11) is 0. The topological polar surface area (TPSA) is 73.3 Å². The highest BCUT2D eigenvalue weighted by molar-refractivity contribution is 7.19. The van der Waals surface area contributed by atoms with Crippen LogP contribution in [-0.4, -0.2) is 29.2 Å². The number of nitrogens with one attached hydrogen (secondary N) is 1. The Morgan fingerprint density at radius 2 is 1.91 bits per heavy atom. The van der Waals surface area contributed by atoms with Gasteiger partial charge in [-0.15, -0.1) is 11.3 Å². The summed E-state index contributed by atoms with van der Waals surface area (Å²) in [6.07, 6.45) is 3.40. The molecule has 0 spiro atoms. The molecule has 2 heterocycles. The molecule has 0 bridgehead atoms. The van der Waals surface area contributed by atoms with Gasteiger partial charge in [-0.3, -0.25) is 0 Å². The van der Waals surface area contributed by atoms with Crippen molar-refractivity contribution in [2.75, 3.05) is 18.5 Å². The average molecular weight is 462 g/mol. The molecule has 0 aliphatic rings. The molecule has 170 valence electrons. The predicted molar refractivity (Wildman–Crippen MR) is 134 cm³/mol. The van der Waals surface area contributed by atoms with E-state index in [0.29, 0.717) is 24.6 Å². The smallest absolute Gasteiger partial charge is 0.338 e. The van der Waals surface area contributed by atoms with Crippen LogP contribution < -0.4 is 10.1 Å². The maximum Gasteiger partial charge on any atom is 0.338 e. The molecule has 0 amide bonds. The van der Waals surface area contributed by atoms with E-state index in [2.05, 4.69) is 41.3 Å². The minimum atomic E-state index is -0.318. The first kappa shape index (κ1) is 22.7. The highest BCUT2D eigenvalue weighted by Gasteiger charge is 2.17. The van der Waals surface area contributed by atoms with Crippen molar-refractivity contribution in [2.45, 2.75) is 33.6 Å². The summed E-state index contributed by atoms with van der Waals surface area (Å²) in [5, 5.41) is 4.35. The number of unbranched alkanes of at least 4 members (excludes halogenated alkanes) is 1. The zero-order valence-electron chi connectivity index (χ0n) is 19.1. The van der Waals surface area contributed by atoms with Crippen LogP contribution in [0, 0.1) is 6.92 Å². The largest absolute Gasteiger partial charge is 0.494 e. The normalized spacial score (nSPS) is 10.9. The van der Waals surface area contributed by atoms with E-state index in [4.69, 9.17) is 9.47 Å². The van der Waals surface area contributed by atoms with Crippen LogP contribution in [0.5, 0.6) is 5.75 Å². The summed E-state index contributed by atoms with van der Waals surface area (Å²) in [5.41, 5.74) is 3.45. The molecule has 1 N–H and O–H groups in total. The summed E-state index contributed by atoms with van der Waals surface area (Å²) in [6.45, 7) is 7.19. The molecule has 6 nitrogen and oxygen atoms in total. The van der Waals surface area contributed by atoms with Crippen LogP contribution >= 0.6 is 11.3 Å². The fraction of sp³-hybridized carbons (Fsp3) is 0.269. The first-order chi connectivity index (χ1) is 16.1. The number of nitrogens with zero attached hydrogens (tertiary/aromatic N) is 2. The van der Waals surface area contributed by atoms with Crippen molar-refractivity contribution in [1.29, 1.82) is 0 Å². The molecule has 0 saturated carbocycles. The van der Waals surface area contributed by atoms with Crippen LogP contribution in [0.2, 0.25) is 0 Å². The van der Waals surface area contributed by atoms with Gasteiger partial charge in [-0.25, -0.2) is 14.8 Å². The Hall–Kier alpha value is -3.45. The molecule has 4 rings (SSSR count). The Morgan fingerprint density at radius 1 is 1.09 bits per heavy atom. The van der Waals surface area contributed by atoms with Crippen molar-refractivity contribution in [3.8, 4) is 16.9 Å². The predicted octanol–water partition coefficient (Wildman–Crippen LogP) is 6.77. The molecule has 33 heavy (non-hydrogen) atoms. The second-order valence-corrected chi connectivity index (χ2v) is 8.79. The minimum Gasteiger partial charge on any atom is -0.494 e. The summed E-state index contributed by atoms with van der Waals surface area (Å²) >= 11 is 1.64. The van der Waals surface area contributed by atoms with E-state index in [9.17, 15) is 4.79 Å². The number of carbonyl (C=O) groups excluding carboxylic acids is 1. The molecular formula is C26H27N3O3S. The Labute approximate surface area is 197 Å². The lowest BCUT2D eigenvalue weighted by Crippen LogP contribution is -2.06. The van der Waals surface area contributed by atoms with Crippen molar-refractivity contribution in [3.63, 3.8) is 0 Å². The van der Waals surface area contributed by atoms with Gasteiger partial charge in [0.15, 0.2) is 0 Å². The number of esters is 1. The van der Waals surface area contributed by atoms with E-state index in [0.717, 1.165) is 50.5 Å². The Balaban J connectivity index is 1.67. The number of thiophene rings is 1. The third-order valence-electron chi connectivity index (χ3n) is 5.21. The Kier molecular flexibility index (Phi) is 7.19. The van der Waals surface area contributed by atoms with Gasteiger partial charge >= 0.3 is 5.97 Å².